The Morgan fingerprint density at radius 2 is 1.62 bits per heavy atom. The van der Waals surface area contributed by atoms with Gasteiger partial charge in [-0.3, -0.25) is 4.79 Å². The molecule has 0 aliphatic heterocycles. The lowest BCUT2D eigenvalue weighted by Gasteiger charge is -2.15. The molecule has 2 aromatic rings. The third kappa shape index (κ3) is 4.64. The first-order chi connectivity index (χ1) is 11.4. The van der Waals surface area contributed by atoms with Crippen LogP contribution in [0.2, 0.25) is 0 Å². The first-order valence-corrected chi connectivity index (χ1v) is 8.97. The fourth-order valence-corrected chi connectivity index (χ4v) is 3.46. The molecule has 0 amide bonds. The van der Waals surface area contributed by atoms with E-state index in [9.17, 15) is 13.2 Å². The molecule has 3 N–H and O–H groups in total. The Balaban J connectivity index is 2.18. The van der Waals surface area contributed by atoms with Crippen LogP contribution in [0.1, 0.15) is 6.42 Å². The van der Waals surface area contributed by atoms with Gasteiger partial charge in [-0.25, -0.2) is 8.42 Å². The zero-order chi connectivity index (χ0) is 17.6. The molecular weight excluding hydrogens is 328 g/mol. The van der Waals surface area contributed by atoms with Gasteiger partial charge < -0.3 is 10.4 Å². The number of aliphatic carboxylic acids is 1. The molecule has 2 aromatic carbocycles. The summed E-state index contributed by atoms with van der Waals surface area (Å²) in [6, 6.07) is 14.8. The first-order valence-electron chi connectivity index (χ1n) is 7.49. The molecule has 1 unspecified atom stereocenters. The van der Waals surface area contributed by atoms with Gasteiger partial charge in [0, 0.05) is 0 Å². The van der Waals surface area contributed by atoms with Gasteiger partial charge in [0.15, 0.2) is 0 Å². The largest absolute Gasteiger partial charge is 0.480 e. The number of hydrogen-bond acceptors (Lipinski definition) is 4. The fraction of sp³-hybridized carbons (Fsp3) is 0.235. The Kier molecular flexibility index (Phi) is 6.08. The normalized spacial score (nSPS) is 12.7. The van der Waals surface area contributed by atoms with E-state index < -0.39 is 22.0 Å². The molecule has 0 spiro atoms. The zero-order valence-corrected chi connectivity index (χ0v) is 14.1. The van der Waals surface area contributed by atoms with E-state index in [0.717, 1.165) is 11.1 Å². The molecule has 0 heterocycles. The van der Waals surface area contributed by atoms with Crippen molar-refractivity contribution in [1.29, 1.82) is 0 Å². The maximum Gasteiger partial charge on any atom is 0.321 e. The van der Waals surface area contributed by atoms with Crippen LogP contribution in [0.15, 0.2) is 59.5 Å². The van der Waals surface area contributed by atoms with Gasteiger partial charge in [-0.05, 0) is 43.3 Å². The van der Waals surface area contributed by atoms with Crippen LogP contribution < -0.4 is 10.0 Å². The van der Waals surface area contributed by atoms with Crippen LogP contribution in [0.3, 0.4) is 0 Å². The molecule has 2 rings (SSSR count). The van der Waals surface area contributed by atoms with E-state index in [4.69, 9.17) is 5.11 Å². The third-order valence-electron chi connectivity index (χ3n) is 3.55. The first kappa shape index (κ1) is 18.1. The summed E-state index contributed by atoms with van der Waals surface area (Å²) in [6.07, 6.45) is 0.160. The van der Waals surface area contributed by atoms with Crippen molar-refractivity contribution in [3.05, 3.63) is 54.6 Å². The van der Waals surface area contributed by atoms with E-state index >= 15 is 0 Å². The molecule has 0 bridgehead atoms. The lowest BCUT2D eigenvalue weighted by Crippen LogP contribution is -2.42. The number of rotatable bonds is 8. The highest BCUT2D eigenvalue weighted by atomic mass is 32.2. The summed E-state index contributed by atoms with van der Waals surface area (Å²) in [6.45, 7) is 0.395. The highest BCUT2D eigenvalue weighted by molar-refractivity contribution is 7.89. The SMILES string of the molecule is CNCCC(NS(=O)(=O)c1ccc(-c2ccccc2)cc1)C(=O)O. The van der Waals surface area contributed by atoms with Crippen molar-refractivity contribution in [1.82, 2.24) is 10.0 Å². The molecule has 0 radical (unpaired) electrons. The average molecular weight is 348 g/mol. The number of hydrogen-bond donors (Lipinski definition) is 3. The Morgan fingerprint density at radius 1 is 1.04 bits per heavy atom. The van der Waals surface area contributed by atoms with Crippen LogP contribution in [0, 0.1) is 0 Å². The van der Waals surface area contributed by atoms with Gasteiger partial charge in [-0.2, -0.15) is 4.72 Å². The smallest absolute Gasteiger partial charge is 0.321 e. The van der Waals surface area contributed by atoms with Crippen molar-refractivity contribution in [3.63, 3.8) is 0 Å². The molecule has 1 atom stereocenters. The highest BCUT2D eigenvalue weighted by Gasteiger charge is 2.24. The number of nitrogens with one attached hydrogen (secondary N) is 2. The third-order valence-corrected chi connectivity index (χ3v) is 5.04. The molecule has 6 nitrogen and oxygen atoms in total. The van der Waals surface area contributed by atoms with Crippen molar-refractivity contribution >= 4 is 16.0 Å². The molecule has 0 fully saturated rings. The van der Waals surface area contributed by atoms with E-state index in [1.807, 2.05) is 30.3 Å². The summed E-state index contributed by atoms with van der Waals surface area (Å²) in [5.41, 5.74) is 1.87. The molecule has 0 aliphatic rings. The minimum absolute atomic E-state index is 0.0397. The number of carboxylic acids is 1. The standard InChI is InChI=1S/C17H20N2O4S/c1-18-12-11-16(17(20)21)19-24(22,23)15-9-7-14(8-10-15)13-5-3-2-4-6-13/h2-10,16,18-19H,11-12H2,1H3,(H,20,21). The highest BCUT2D eigenvalue weighted by Crippen LogP contribution is 2.21. The number of carboxylic acid groups (broad SMARTS) is 1. The van der Waals surface area contributed by atoms with Crippen LogP contribution in [0.5, 0.6) is 0 Å². The second kappa shape index (κ2) is 8.05. The fourth-order valence-electron chi connectivity index (χ4n) is 2.23. The summed E-state index contributed by atoms with van der Waals surface area (Å²) in [5.74, 6) is -1.20. The van der Waals surface area contributed by atoms with Gasteiger partial charge in [0.05, 0.1) is 4.90 Å². The number of benzene rings is 2. The Hall–Kier alpha value is -2.22. The van der Waals surface area contributed by atoms with Gasteiger partial charge in [-0.1, -0.05) is 42.5 Å². The lowest BCUT2D eigenvalue weighted by molar-refractivity contribution is -0.139. The van der Waals surface area contributed by atoms with Crippen LogP contribution in [-0.2, 0) is 14.8 Å². The molecule has 24 heavy (non-hydrogen) atoms. The predicted molar refractivity (Wildman–Crippen MR) is 92.2 cm³/mol. The molecule has 0 aromatic heterocycles. The monoisotopic (exact) mass is 348 g/mol. The molecule has 0 aliphatic carbocycles. The molecule has 0 saturated heterocycles. The number of carbonyl (C=O) groups is 1. The topological polar surface area (TPSA) is 95.5 Å². The Bertz CT molecular complexity index is 774. The summed E-state index contributed by atoms with van der Waals surface area (Å²) >= 11 is 0. The second-order valence-corrected chi connectivity index (χ2v) is 7.01. The zero-order valence-electron chi connectivity index (χ0n) is 13.3. The van der Waals surface area contributed by atoms with Crippen LogP contribution >= 0.6 is 0 Å². The van der Waals surface area contributed by atoms with E-state index in [2.05, 4.69) is 10.0 Å². The van der Waals surface area contributed by atoms with Crippen molar-refractivity contribution in [2.45, 2.75) is 17.4 Å². The average Bonchev–Trinajstić information content (AvgIpc) is 2.59. The minimum atomic E-state index is -3.89. The molecule has 128 valence electrons. The summed E-state index contributed by atoms with van der Waals surface area (Å²) < 4.78 is 27.0. The number of sulfonamides is 1. The van der Waals surface area contributed by atoms with Crippen LogP contribution in [0.25, 0.3) is 11.1 Å². The van der Waals surface area contributed by atoms with E-state index in [-0.39, 0.29) is 11.3 Å². The van der Waals surface area contributed by atoms with Gasteiger partial charge in [-0.15, -0.1) is 0 Å². The molecule has 0 saturated carbocycles. The molecular formula is C17H20N2O4S. The van der Waals surface area contributed by atoms with Crippen molar-refractivity contribution in [2.24, 2.45) is 0 Å². The maximum atomic E-state index is 12.4. The van der Waals surface area contributed by atoms with Crippen molar-refractivity contribution < 1.29 is 18.3 Å². The summed E-state index contributed by atoms with van der Waals surface area (Å²) in [7, 11) is -2.22. The van der Waals surface area contributed by atoms with Crippen molar-refractivity contribution in [3.8, 4) is 11.1 Å². The lowest BCUT2D eigenvalue weighted by atomic mass is 10.1. The quantitative estimate of drug-likeness (QED) is 0.675. The summed E-state index contributed by atoms with van der Waals surface area (Å²) in [5, 5.41) is 12.0. The predicted octanol–water partition coefficient (Wildman–Crippen LogP) is 1.69. The van der Waals surface area contributed by atoms with Gasteiger partial charge >= 0.3 is 5.97 Å². The minimum Gasteiger partial charge on any atom is -0.480 e. The van der Waals surface area contributed by atoms with Gasteiger partial charge in [0.1, 0.15) is 6.04 Å². The summed E-state index contributed by atoms with van der Waals surface area (Å²) in [4.78, 5) is 11.2. The van der Waals surface area contributed by atoms with Gasteiger partial charge in [0.25, 0.3) is 0 Å². The second-order valence-electron chi connectivity index (χ2n) is 5.29. The van der Waals surface area contributed by atoms with Crippen molar-refractivity contribution in [2.75, 3.05) is 13.6 Å². The van der Waals surface area contributed by atoms with Crippen LogP contribution in [-0.4, -0.2) is 39.1 Å². The molecule has 7 heteroatoms. The van der Waals surface area contributed by atoms with E-state index in [0.29, 0.717) is 6.54 Å². The van der Waals surface area contributed by atoms with E-state index in [1.54, 1.807) is 19.2 Å². The van der Waals surface area contributed by atoms with Gasteiger partial charge in [0.2, 0.25) is 10.0 Å². The maximum absolute atomic E-state index is 12.4. The van der Waals surface area contributed by atoms with Crippen LogP contribution in [0.4, 0.5) is 0 Å². The Morgan fingerprint density at radius 3 is 2.17 bits per heavy atom. The van der Waals surface area contributed by atoms with E-state index in [1.165, 1.54) is 12.1 Å². The Labute approximate surface area is 141 Å².